The van der Waals surface area contributed by atoms with Crippen molar-refractivity contribution in [2.75, 3.05) is 5.75 Å². The third kappa shape index (κ3) is 2.54. The van der Waals surface area contributed by atoms with Crippen LogP contribution in [-0.4, -0.2) is 23.7 Å². The van der Waals surface area contributed by atoms with Crippen LogP contribution in [0.25, 0.3) is 0 Å². The van der Waals surface area contributed by atoms with Crippen molar-refractivity contribution in [1.82, 2.24) is 0 Å². The molecule has 0 aromatic carbocycles. The summed E-state index contributed by atoms with van der Waals surface area (Å²) in [5.41, 5.74) is 0. The summed E-state index contributed by atoms with van der Waals surface area (Å²) in [5, 5.41) is 8.10. The van der Waals surface area contributed by atoms with Gasteiger partial charge in [-0.3, -0.25) is 0 Å². The molecule has 4 heteroatoms. The summed E-state index contributed by atoms with van der Waals surface area (Å²) in [6.45, 7) is 7.12. The molecule has 0 radical (unpaired) electrons. The van der Waals surface area contributed by atoms with E-state index in [9.17, 15) is 0 Å². The molecule has 0 fully saturated rings. The van der Waals surface area contributed by atoms with Gasteiger partial charge >= 0.3 is 40.1 Å². The first-order valence-electron chi connectivity index (χ1n) is 1.73. The van der Waals surface area contributed by atoms with Gasteiger partial charge in [0.05, 0.1) is 0 Å². The van der Waals surface area contributed by atoms with Gasteiger partial charge in [-0.05, 0) is 0 Å². The van der Waals surface area contributed by atoms with Crippen LogP contribution in [0.1, 0.15) is 6.92 Å². The van der Waals surface area contributed by atoms with Crippen LogP contribution in [0.15, 0.2) is 0 Å². The maximum absolute atomic E-state index is 8.10. The van der Waals surface area contributed by atoms with E-state index in [1.807, 2.05) is 6.92 Å². The van der Waals surface area contributed by atoms with Crippen LogP contribution in [0.2, 0.25) is 0 Å². The van der Waals surface area contributed by atoms with Crippen molar-refractivity contribution in [3.63, 3.8) is 0 Å². The van der Waals surface area contributed by atoms with Gasteiger partial charge in [0.25, 0.3) is 0 Å². The molecule has 0 aliphatic heterocycles. The summed E-state index contributed by atoms with van der Waals surface area (Å²) >= 11 is 0. The zero-order valence-electron chi connectivity index (χ0n) is 3.72. The second-order valence-electron chi connectivity index (χ2n) is 0.864. The molecular weight excluding hydrogens is 93.7 g/mol. The number of hydrogen-bond acceptors (Lipinski definition) is 0. The Morgan fingerprint density at radius 2 is 2.50 bits per heavy atom. The molecule has 0 spiro atoms. The summed E-state index contributed by atoms with van der Waals surface area (Å²) in [6, 6.07) is 0. The van der Waals surface area contributed by atoms with E-state index in [-0.39, 0.29) is 9.56 Å². The summed E-state index contributed by atoms with van der Waals surface area (Å²) in [5.74, 6) is 0.830. The molecule has 0 aromatic heterocycles. The predicted octanol–water partition coefficient (Wildman–Crippen LogP) is -0.115. The van der Waals surface area contributed by atoms with Gasteiger partial charge < -0.3 is 0 Å². The van der Waals surface area contributed by atoms with Gasteiger partial charge in [0.2, 0.25) is 0 Å². The van der Waals surface area contributed by atoms with Crippen molar-refractivity contribution in [3.05, 3.63) is 0 Å². The van der Waals surface area contributed by atoms with Crippen LogP contribution < -0.4 is 0 Å². The third-order valence-electron chi connectivity index (χ3n) is 0.469. The average Bonchev–Trinajstić information content (AvgIpc) is 1.65. The monoisotopic (exact) mass is 100 g/mol. The molecule has 32 valence electrons. The second-order valence-corrected chi connectivity index (χ2v) is 2.59. The SMILES string of the molecule is B#S(=BO)CC. The van der Waals surface area contributed by atoms with Gasteiger partial charge in [0.1, 0.15) is 0 Å². The predicted molar refractivity (Wildman–Crippen MR) is 31.9 cm³/mol. The quantitative estimate of drug-likeness (QED) is 0.420. The zero-order chi connectivity index (χ0) is 4.99. The van der Waals surface area contributed by atoms with Gasteiger partial charge in [0, 0.05) is 0 Å². The Kier molecular flexibility index (Phi) is 3.68. The fourth-order valence-electron chi connectivity index (χ4n) is 0.0745. The van der Waals surface area contributed by atoms with Gasteiger partial charge in [-0.25, -0.2) is 0 Å². The molecule has 0 unspecified atom stereocenters. The van der Waals surface area contributed by atoms with Crippen LogP contribution in [0, 0.1) is 0 Å². The van der Waals surface area contributed by atoms with Crippen molar-refractivity contribution in [1.29, 1.82) is 0 Å². The normalized spacial score (nSPS) is 11.0. The molecule has 1 nitrogen and oxygen atoms in total. The maximum atomic E-state index is 8.10. The Morgan fingerprint density at radius 1 is 2.00 bits per heavy atom. The molecule has 0 saturated carbocycles. The average molecular weight is 99.8 g/mol. The number of rotatable bonds is 0. The second kappa shape index (κ2) is 3.50. The van der Waals surface area contributed by atoms with Crippen LogP contribution in [-0.2, 0) is 0 Å². The minimum atomic E-state index is -0.353. The Hall–Kier alpha value is 0.310. The summed E-state index contributed by atoms with van der Waals surface area (Å²) in [6.07, 6.45) is 1.03. The molecule has 0 heterocycles. The zero-order valence-corrected chi connectivity index (χ0v) is 4.53. The van der Waals surface area contributed by atoms with Gasteiger partial charge in [-0.15, -0.1) is 0 Å². The molecule has 0 aliphatic carbocycles. The van der Waals surface area contributed by atoms with Crippen molar-refractivity contribution in [3.8, 4) is 0 Å². The van der Waals surface area contributed by atoms with Gasteiger partial charge in [-0.2, -0.15) is 0 Å². The van der Waals surface area contributed by atoms with E-state index in [1.54, 1.807) is 0 Å². The molecule has 0 bridgehead atoms. The fraction of sp³-hybridized carbons (Fsp3) is 1.00. The molecule has 0 saturated heterocycles. The number of hydrogen-bond donors (Lipinski definition) is 1. The standard InChI is InChI=1S/C2H6B2OS/c1-2-6(3)4-5/h5H,2H2,1H3. The van der Waals surface area contributed by atoms with Crippen molar-refractivity contribution in [2.24, 2.45) is 0 Å². The topological polar surface area (TPSA) is 20.2 Å². The first-order valence-corrected chi connectivity index (χ1v) is 3.25. The van der Waals surface area contributed by atoms with Crippen LogP contribution >= 0.6 is 9.56 Å². The Balaban J connectivity index is 3.66. The molecular formula is C2H6B2OS. The Labute approximate surface area is 40.9 Å². The van der Waals surface area contributed by atoms with Crippen LogP contribution in [0.5, 0.6) is 0 Å². The van der Waals surface area contributed by atoms with E-state index >= 15 is 0 Å². The van der Waals surface area contributed by atoms with Crippen molar-refractivity contribution < 1.29 is 5.02 Å². The van der Waals surface area contributed by atoms with E-state index < -0.39 is 0 Å². The van der Waals surface area contributed by atoms with E-state index in [4.69, 9.17) is 11.6 Å². The van der Waals surface area contributed by atoms with E-state index in [1.165, 1.54) is 0 Å². The minimum absolute atomic E-state index is 0.353. The molecule has 0 atom stereocenters. The summed E-state index contributed by atoms with van der Waals surface area (Å²) in [7, 11) is -0.353. The first kappa shape index (κ1) is 6.31. The van der Waals surface area contributed by atoms with Crippen LogP contribution in [0.3, 0.4) is 0 Å². The first-order chi connectivity index (χ1) is 2.81. The van der Waals surface area contributed by atoms with Crippen molar-refractivity contribution in [2.45, 2.75) is 6.92 Å². The van der Waals surface area contributed by atoms with Crippen LogP contribution in [0.4, 0.5) is 0 Å². The molecule has 0 amide bonds. The van der Waals surface area contributed by atoms with E-state index in [2.05, 4.69) is 0 Å². The molecule has 0 rings (SSSR count). The third-order valence-corrected chi connectivity index (χ3v) is 1.41. The Morgan fingerprint density at radius 3 is 2.50 bits per heavy atom. The van der Waals surface area contributed by atoms with E-state index in [0.29, 0.717) is 0 Å². The van der Waals surface area contributed by atoms with Crippen molar-refractivity contribution >= 4 is 22.4 Å². The molecule has 0 aromatic rings. The molecule has 1 N–H and O–H groups in total. The van der Waals surface area contributed by atoms with Gasteiger partial charge in [0.15, 0.2) is 0 Å². The molecule has 0 aliphatic rings. The molecule has 6 heavy (non-hydrogen) atoms. The van der Waals surface area contributed by atoms with E-state index in [0.717, 1.165) is 12.1 Å². The fourth-order valence-corrected chi connectivity index (χ4v) is 0.224. The Bertz CT molecular complexity index is 133. The summed E-state index contributed by atoms with van der Waals surface area (Å²) < 4.78 is 0. The summed E-state index contributed by atoms with van der Waals surface area (Å²) in [4.78, 5) is 0. The van der Waals surface area contributed by atoms with Gasteiger partial charge in [-0.1, -0.05) is 0 Å².